The van der Waals surface area contributed by atoms with Crippen LogP contribution in [0.4, 0.5) is 5.82 Å². The number of aromatic nitrogens is 2. The number of para-hydroxylation sites is 1. The van der Waals surface area contributed by atoms with Crippen molar-refractivity contribution in [1.29, 1.82) is 0 Å². The number of fused-ring (bicyclic) bond motifs is 1. The van der Waals surface area contributed by atoms with Crippen LogP contribution in [-0.4, -0.2) is 40.2 Å². The first-order valence-corrected chi connectivity index (χ1v) is 7.01. The zero-order valence-electron chi connectivity index (χ0n) is 11.9. The maximum absolute atomic E-state index is 6.02. The molecule has 1 fully saturated rings. The van der Waals surface area contributed by atoms with Crippen molar-refractivity contribution in [3.63, 3.8) is 0 Å². The minimum atomic E-state index is 0.247. The van der Waals surface area contributed by atoms with E-state index in [-0.39, 0.29) is 12.2 Å². The molecule has 0 saturated carbocycles. The highest BCUT2D eigenvalue weighted by atomic mass is 16.5. The van der Waals surface area contributed by atoms with E-state index in [1.165, 1.54) is 0 Å². The molecule has 1 aliphatic rings. The molecule has 20 heavy (non-hydrogen) atoms. The second-order valence-electron chi connectivity index (χ2n) is 5.49. The molecule has 0 aliphatic carbocycles. The minimum absolute atomic E-state index is 0.247. The van der Waals surface area contributed by atoms with Crippen LogP contribution in [0.2, 0.25) is 0 Å². The number of hydrogen-bond donors (Lipinski definition) is 1. The number of benzene rings is 1. The highest BCUT2D eigenvalue weighted by Gasteiger charge is 2.23. The van der Waals surface area contributed by atoms with Crippen molar-refractivity contribution in [1.82, 2.24) is 14.9 Å². The molecule has 3 rings (SSSR count). The molecule has 0 spiro atoms. The first kappa shape index (κ1) is 13.3. The van der Waals surface area contributed by atoms with Gasteiger partial charge in [-0.15, -0.1) is 0 Å². The van der Waals surface area contributed by atoms with E-state index in [4.69, 9.17) is 10.5 Å². The number of rotatable bonds is 2. The Bertz CT molecular complexity index is 606. The van der Waals surface area contributed by atoms with Crippen LogP contribution in [0.3, 0.4) is 0 Å². The molecular weight excluding hydrogens is 252 g/mol. The van der Waals surface area contributed by atoms with Crippen LogP contribution in [0.1, 0.15) is 19.7 Å². The van der Waals surface area contributed by atoms with E-state index in [2.05, 4.69) is 28.7 Å². The molecule has 2 heterocycles. The summed E-state index contributed by atoms with van der Waals surface area (Å²) in [4.78, 5) is 11.4. The zero-order valence-corrected chi connectivity index (χ0v) is 11.9. The van der Waals surface area contributed by atoms with Gasteiger partial charge in [-0.05, 0) is 26.0 Å². The number of ether oxygens (including phenoxy) is 1. The molecule has 1 aliphatic heterocycles. The fraction of sp³-hybridized carbons (Fsp3) is 0.467. The summed E-state index contributed by atoms with van der Waals surface area (Å²) in [5.74, 6) is 1.34. The van der Waals surface area contributed by atoms with E-state index in [0.717, 1.165) is 29.8 Å². The maximum Gasteiger partial charge on any atom is 0.145 e. The molecule has 1 aromatic carbocycles. The maximum atomic E-state index is 6.02. The first-order valence-electron chi connectivity index (χ1n) is 7.01. The first-order chi connectivity index (χ1) is 9.61. The Morgan fingerprint density at radius 1 is 1.20 bits per heavy atom. The molecule has 5 nitrogen and oxygen atoms in total. The number of nitrogen functional groups attached to an aromatic ring is 1. The fourth-order valence-corrected chi connectivity index (χ4v) is 2.84. The summed E-state index contributed by atoms with van der Waals surface area (Å²) in [5, 5.41) is 0.917. The van der Waals surface area contributed by atoms with E-state index >= 15 is 0 Å². The highest BCUT2D eigenvalue weighted by molar-refractivity contribution is 5.87. The molecule has 1 aromatic heterocycles. The van der Waals surface area contributed by atoms with Crippen molar-refractivity contribution in [3.05, 3.63) is 30.1 Å². The highest BCUT2D eigenvalue weighted by Crippen LogP contribution is 2.19. The van der Waals surface area contributed by atoms with Gasteiger partial charge in [0.05, 0.1) is 24.3 Å². The van der Waals surface area contributed by atoms with Crippen molar-refractivity contribution < 1.29 is 4.74 Å². The molecule has 106 valence electrons. The number of nitrogens with two attached hydrogens (primary N) is 1. The summed E-state index contributed by atoms with van der Waals surface area (Å²) in [6, 6.07) is 7.85. The van der Waals surface area contributed by atoms with Crippen LogP contribution in [0, 0.1) is 0 Å². The fourth-order valence-electron chi connectivity index (χ4n) is 2.84. The Kier molecular flexibility index (Phi) is 3.54. The van der Waals surface area contributed by atoms with Crippen LogP contribution in [0.5, 0.6) is 0 Å². The average Bonchev–Trinajstić information content (AvgIpc) is 2.37. The van der Waals surface area contributed by atoms with Gasteiger partial charge < -0.3 is 10.5 Å². The molecule has 0 bridgehead atoms. The molecule has 1 saturated heterocycles. The van der Waals surface area contributed by atoms with Gasteiger partial charge in [-0.1, -0.05) is 12.1 Å². The predicted molar refractivity (Wildman–Crippen MR) is 79.2 cm³/mol. The number of anilines is 1. The smallest absolute Gasteiger partial charge is 0.145 e. The quantitative estimate of drug-likeness (QED) is 0.903. The summed E-state index contributed by atoms with van der Waals surface area (Å²) in [6.45, 7) is 6.71. The number of morpholine rings is 1. The van der Waals surface area contributed by atoms with E-state index < -0.39 is 0 Å². The second-order valence-corrected chi connectivity index (χ2v) is 5.49. The van der Waals surface area contributed by atoms with Gasteiger partial charge in [0.1, 0.15) is 11.6 Å². The standard InChI is InChI=1S/C15H20N4O/c1-10-7-19(8-11(2)20-10)9-14-17-13-6-4-3-5-12(13)15(16)18-14/h3-6,10-11H,7-9H2,1-2H3,(H2,16,17,18)/t10-,11-/m0/s1. The number of nitrogens with zero attached hydrogens (tertiary/aromatic N) is 3. The molecule has 0 radical (unpaired) electrons. The lowest BCUT2D eigenvalue weighted by Crippen LogP contribution is -2.45. The zero-order chi connectivity index (χ0) is 14.1. The molecule has 2 aromatic rings. The lowest BCUT2D eigenvalue weighted by atomic mass is 10.2. The van der Waals surface area contributed by atoms with E-state index in [9.17, 15) is 0 Å². The molecule has 0 unspecified atom stereocenters. The topological polar surface area (TPSA) is 64.3 Å². The third-order valence-electron chi connectivity index (χ3n) is 3.54. The Morgan fingerprint density at radius 3 is 2.65 bits per heavy atom. The van der Waals surface area contributed by atoms with Crippen LogP contribution < -0.4 is 5.73 Å². The summed E-state index contributed by atoms with van der Waals surface area (Å²) in [7, 11) is 0. The van der Waals surface area contributed by atoms with Crippen LogP contribution in [0.25, 0.3) is 10.9 Å². The van der Waals surface area contributed by atoms with Gasteiger partial charge in [0.25, 0.3) is 0 Å². The van der Waals surface area contributed by atoms with Crippen molar-refractivity contribution in [2.75, 3.05) is 18.8 Å². The van der Waals surface area contributed by atoms with Gasteiger partial charge in [-0.3, -0.25) is 4.90 Å². The summed E-state index contributed by atoms with van der Waals surface area (Å²) in [6.07, 6.45) is 0.494. The second kappa shape index (κ2) is 5.34. The van der Waals surface area contributed by atoms with Gasteiger partial charge >= 0.3 is 0 Å². The summed E-state index contributed by atoms with van der Waals surface area (Å²) < 4.78 is 5.74. The largest absolute Gasteiger partial charge is 0.383 e. The van der Waals surface area contributed by atoms with Crippen molar-refractivity contribution >= 4 is 16.7 Å². The third kappa shape index (κ3) is 2.73. The normalized spacial score (nSPS) is 24.1. The molecule has 2 atom stereocenters. The van der Waals surface area contributed by atoms with Gasteiger partial charge in [-0.25, -0.2) is 9.97 Å². The van der Waals surface area contributed by atoms with Crippen LogP contribution in [-0.2, 0) is 11.3 Å². The Labute approximate surface area is 118 Å². The van der Waals surface area contributed by atoms with Crippen LogP contribution in [0.15, 0.2) is 24.3 Å². The van der Waals surface area contributed by atoms with Gasteiger partial charge in [0.15, 0.2) is 0 Å². The third-order valence-corrected chi connectivity index (χ3v) is 3.54. The van der Waals surface area contributed by atoms with Crippen molar-refractivity contribution in [2.45, 2.75) is 32.6 Å². The number of hydrogen-bond acceptors (Lipinski definition) is 5. The molecule has 0 amide bonds. The van der Waals surface area contributed by atoms with Crippen molar-refractivity contribution in [3.8, 4) is 0 Å². The summed E-state index contributed by atoms with van der Waals surface area (Å²) in [5.41, 5.74) is 6.93. The van der Waals surface area contributed by atoms with E-state index in [1.54, 1.807) is 0 Å². The van der Waals surface area contributed by atoms with E-state index in [1.807, 2.05) is 24.3 Å². The van der Waals surface area contributed by atoms with Crippen molar-refractivity contribution in [2.24, 2.45) is 0 Å². The van der Waals surface area contributed by atoms with Crippen LogP contribution >= 0.6 is 0 Å². The monoisotopic (exact) mass is 272 g/mol. The molecule has 5 heteroatoms. The lowest BCUT2D eigenvalue weighted by molar-refractivity contribution is -0.0710. The average molecular weight is 272 g/mol. The minimum Gasteiger partial charge on any atom is -0.383 e. The van der Waals surface area contributed by atoms with Gasteiger partial charge in [0.2, 0.25) is 0 Å². The Balaban J connectivity index is 1.84. The summed E-state index contributed by atoms with van der Waals surface area (Å²) >= 11 is 0. The molecule has 2 N–H and O–H groups in total. The van der Waals surface area contributed by atoms with E-state index in [0.29, 0.717) is 12.4 Å². The lowest BCUT2D eigenvalue weighted by Gasteiger charge is -2.34. The Hall–Kier alpha value is -1.72. The molecular formula is C15H20N4O. The van der Waals surface area contributed by atoms with Gasteiger partial charge in [-0.2, -0.15) is 0 Å². The predicted octanol–water partition coefficient (Wildman–Crippen LogP) is 1.82. The SMILES string of the molecule is C[C@H]1CN(Cc2nc(N)c3ccccc3n2)C[C@H](C)O1. The van der Waals surface area contributed by atoms with Gasteiger partial charge in [0, 0.05) is 18.5 Å². The Morgan fingerprint density at radius 2 is 1.90 bits per heavy atom.